The quantitative estimate of drug-likeness (QED) is 0.539. The first-order chi connectivity index (χ1) is 5.36. The Morgan fingerprint density at radius 1 is 1.45 bits per heavy atom. The Hall–Kier alpha value is -0.530. The summed E-state index contributed by atoms with van der Waals surface area (Å²) in [6.45, 7) is 0. The third-order valence-electron chi connectivity index (χ3n) is 2.45. The predicted molar refractivity (Wildman–Crippen MR) is 42.8 cm³/mol. The Labute approximate surface area is 69.9 Å². The molecule has 2 atom stereocenters. The first kappa shape index (κ1) is 6.04. The second-order valence-electron chi connectivity index (χ2n) is 3.11. The van der Waals surface area contributed by atoms with Crippen LogP contribution in [-0.2, 0) is 11.2 Å². The molecule has 0 amide bonds. The van der Waals surface area contributed by atoms with Gasteiger partial charge in [-0.25, -0.2) is 0 Å². The van der Waals surface area contributed by atoms with E-state index in [1.807, 2.05) is 12.1 Å². The Kier molecular flexibility index (Phi) is 0.984. The molecule has 2 aliphatic rings. The Balaban J connectivity index is 2.24. The molecule has 0 bridgehead atoms. The van der Waals surface area contributed by atoms with Crippen LogP contribution in [0.2, 0.25) is 5.02 Å². The van der Waals surface area contributed by atoms with E-state index >= 15 is 0 Å². The van der Waals surface area contributed by atoms with Gasteiger partial charge in [0.2, 0.25) is 0 Å². The lowest BCUT2D eigenvalue weighted by molar-refractivity contribution is 0.361. The molecule has 0 N–H and O–H groups in total. The number of halogens is 1. The van der Waals surface area contributed by atoms with Gasteiger partial charge in [-0.3, -0.25) is 0 Å². The topological polar surface area (TPSA) is 12.5 Å². The van der Waals surface area contributed by atoms with Gasteiger partial charge in [0.05, 0.1) is 6.10 Å². The van der Waals surface area contributed by atoms with E-state index in [1.165, 1.54) is 11.1 Å². The summed E-state index contributed by atoms with van der Waals surface area (Å²) in [5.41, 5.74) is 2.61. The van der Waals surface area contributed by atoms with Gasteiger partial charge < -0.3 is 4.74 Å². The highest BCUT2D eigenvalue weighted by atomic mass is 35.5. The molecule has 1 aromatic rings. The number of hydrogen-bond donors (Lipinski definition) is 0. The SMILES string of the molecule is Clc1cccc2c1C[C@@H]1O[C@@H]21. The third-order valence-corrected chi connectivity index (χ3v) is 2.80. The van der Waals surface area contributed by atoms with Crippen LogP contribution in [-0.4, -0.2) is 6.10 Å². The minimum Gasteiger partial charge on any atom is -0.364 e. The van der Waals surface area contributed by atoms with Crippen molar-refractivity contribution in [1.29, 1.82) is 0 Å². The number of hydrogen-bond acceptors (Lipinski definition) is 1. The first-order valence-electron chi connectivity index (χ1n) is 3.79. The van der Waals surface area contributed by atoms with Crippen molar-refractivity contribution < 1.29 is 4.74 Å². The molecular weight excluding hydrogens is 160 g/mol. The van der Waals surface area contributed by atoms with Crippen LogP contribution in [0.1, 0.15) is 17.2 Å². The lowest BCUT2D eigenvalue weighted by Crippen LogP contribution is -1.89. The minimum atomic E-state index is 0.378. The third kappa shape index (κ3) is 0.700. The van der Waals surface area contributed by atoms with E-state index in [4.69, 9.17) is 16.3 Å². The van der Waals surface area contributed by atoms with E-state index in [9.17, 15) is 0 Å². The molecule has 0 spiro atoms. The molecule has 1 aromatic carbocycles. The van der Waals surface area contributed by atoms with Gasteiger partial charge in [0.1, 0.15) is 6.10 Å². The lowest BCUT2D eigenvalue weighted by atomic mass is 10.1. The van der Waals surface area contributed by atoms with Crippen LogP contribution in [0, 0.1) is 0 Å². The summed E-state index contributed by atoms with van der Waals surface area (Å²) >= 11 is 6.00. The van der Waals surface area contributed by atoms with Gasteiger partial charge in [0.25, 0.3) is 0 Å². The molecule has 56 valence electrons. The van der Waals surface area contributed by atoms with Gasteiger partial charge in [-0.05, 0) is 17.2 Å². The van der Waals surface area contributed by atoms with E-state index in [0.29, 0.717) is 12.2 Å². The number of rotatable bonds is 0. The Morgan fingerprint density at radius 2 is 2.36 bits per heavy atom. The van der Waals surface area contributed by atoms with Gasteiger partial charge >= 0.3 is 0 Å². The summed E-state index contributed by atoms with van der Waals surface area (Å²) < 4.78 is 5.38. The van der Waals surface area contributed by atoms with Crippen LogP contribution in [0.5, 0.6) is 0 Å². The van der Waals surface area contributed by atoms with Gasteiger partial charge in [0, 0.05) is 11.4 Å². The highest BCUT2D eigenvalue weighted by molar-refractivity contribution is 6.31. The highest BCUT2D eigenvalue weighted by Crippen LogP contribution is 2.50. The second-order valence-corrected chi connectivity index (χ2v) is 3.51. The molecule has 2 heteroatoms. The minimum absolute atomic E-state index is 0.378. The predicted octanol–water partition coefficient (Wildman–Crippen LogP) is 2.34. The van der Waals surface area contributed by atoms with Gasteiger partial charge in [-0.2, -0.15) is 0 Å². The zero-order chi connectivity index (χ0) is 7.42. The number of fused-ring (bicyclic) bond motifs is 3. The number of epoxide rings is 1. The van der Waals surface area contributed by atoms with Crippen LogP contribution in [0.3, 0.4) is 0 Å². The van der Waals surface area contributed by atoms with E-state index in [0.717, 1.165) is 11.4 Å². The smallest absolute Gasteiger partial charge is 0.110 e. The monoisotopic (exact) mass is 166 g/mol. The van der Waals surface area contributed by atoms with Gasteiger partial charge in [0.15, 0.2) is 0 Å². The average Bonchev–Trinajstić information content (AvgIpc) is 2.67. The summed E-state index contributed by atoms with van der Waals surface area (Å²) in [6.07, 6.45) is 1.84. The van der Waals surface area contributed by atoms with Crippen molar-refractivity contribution in [3.63, 3.8) is 0 Å². The Morgan fingerprint density at radius 3 is 3.18 bits per heavy atom. The molecule has 0 aromatic heterocycles. The van der Waals surface area contributed by atoms with Crippen molar-refractivity contribution in [3.05, 3.63) is 34.3 Å². The highest BCUT2D eigenvalue weighted by Gasteiger charge is 2.47. The van der Waals surface area contributed by atoms with Crippen LogP contribution in [0.25, 0.3) is 0 Å². The summed E-state index contributed by atoms with van der Waals surface area (Å²) in [5.74, 6) is 0. The van der Waals surface area contributed by atoms with Crippen molar-refractivity contribution >= 4 is 11.6 Å². The van der Waals surface area contributed by atoms with Crippen LogP contribution >= 0.6 is 11.6 Å². The average molecular weight is 167 g/mol. The maximum Gasteiger partial charge on any atom is 0.110 e. The molecule has 1 nitrogen and oxygen atoms in total. The second kappa shape index (κ2) is 1.79. The largest absolute Gasteiger partial charge is 0.364 e. The van der Waals surface area contributed by atoms with Crippen molar-refractivity contribution in [1.82, 2.24) is 0 Å². The van der Waals surface area contributed by atoms with Crippen molar-refractivity contribution in [2.24, 2.45) is 0 Å². The molecule has 1 aliphatic heterocycles. The van der Waals surface area contributed by atoms with Crippen molar-refractivity contribution in [2.45, 2.75) is 18.6 Å². The molecule has 0 radical (unpaired) electrons. The fourth-order valence-corrected chi connectivity index (χ4v) is 2.09. The van der Waals surface area contributed by atoms with E-state index in [-0.39, 0.29) is 0 Å². The standard InChI is InChI=1S/C9H7ClO/c10-7-3-1-2-5-6(7)4-8-9(5)11-8/h1-3,8-9H,4H2/t8-,9-/m0/s1. The van der Waals surface area contributed by atoms with Crippen LogP contribution < -0.4 is 0 Å². The zero-order valence-corrected chi connectivity index (χ0v) is 6.64. The maximum atomic E-state index is 6.00. The van der Waals surface area contributed by atoms with Crippen LogP contribution in [0.15, 0.2) is 18.2 Å². The van der Waals surface area contributed by atoms with Crippen molar-refractivity contribution in [2.75, 3.05) is 0 Å². The van der Waals surface area contributed by atoms with Crippen molar-refractivity contribution in [3.8, 4) is 0 Å². The summed E-state index contributed by atoms with van der Waals surface area (Å²) in [5, 5.41) is 0.901. The molecule has 1 heterocycles. The number of ether oxygens (including phenoxy) is 1. The summed E-state index contributed by atoms with van der Waals surface area (Å²) in [7, 11) is 0. The molecular formula is C9H7ClO. The lowest BCUT2D eigenvalue weighted by Gasteiger charge is -2.02. The Bertz CT molecular complexity index is 321. The summed E-state index contributed by atoms with van der Waals surface area (Å²) in [4.78, 5) is 0. The maximum absolute atomic E-state index is 6.00. The van der Waals surface area contributed by atoms with E-state index in [1.54, 1.807) is 0 Å². The van der Waals surface area contributed by atoms with E-state index in [2.05, 4.69) is 6.07 Å². The first-order valence-corrected chi connectivity index (χ1v) is 4.17. The fraction of sp³-hybridized carbons (Fsp3) is 0.333. The van der Waals surface area contributed by atoms with Gasteiger partial charge in [-0.1, -0.05) is 23.7 Å². The van der Waals surface area contributed by atoms with Crippen LogP contribution in [0.4, 0.5) is 0 Å². The molecule has 11 heavy (non-hydrogen) atoms. The summed E-state index contributed by atoms with van der Waals surface area (Å²) in [6, 6.07) is 6.05. The van der Waals surface area contributed by atoms with E-state index < -0.39 is 0 Å². The van der Waals surface area contributed by atoms with Gasteiger partial charge in [-0.15, -0.1) is 0 Å². The number of benzene rings is 1. The fourth-order valence-electron chi connectivity index (χ4n) is 1.83. The zero-order valence-electron chi connectivity index (χ0n) is 5.88. The molecule has 0 saturated carbocycles. The molecule has 1 fully saturated rings. The molecule has 0 unspecified atom stereocenters. The normalized spacial score (nSPS) is 31.4. The molecule has 1 aliphatic carbocycles. The molecule has 1 saturated heterocycles. The molecule has 3 rings (SSSR count).